The van der Waals surface area contributed by atoms with Crippen LogP contribution in [-0.2, 0) is 0 Å². The highest BCUT2D eigenvalue weighted by molar-refractivity contribution is 5.96. The van der Waals surface area contributed by atoms with Gasteiger partial charge in [-0.05, 0) is 48.6 Å². The molecule has 2 aromatic rings. The Balaban J connectivity index is 2.50. The van der Waals surface area contributed by atoms with Crippen LogP contribution in [0.5, 0.6) is 0 Å². The molecule has 0 amide bonds. The highest BCUT2D eigenvalue weighted by Crippen LogP contribution is 2.27. The molecule has 0 spiro atoms. The highest BCUT2D eigenvalue weighted by atomic mass is 14.4. The molecule has 17 heavy (non-hydrogen) atoms. The van der Waals surface area contributed by atoms with Gasteiger partial charge in [0.25, 0.3) is 0 Å². The largest absolute Gasteiger partial charge is 0.305 e. The molecule has 0 heterocycles. The van der Waals surface area contributed by atoms with Crippen molar-refractivity contribution in [2.45, 2.75) is 20.8 Å². The zero-order chi connectivity index (χ0) is 12.4. The Labute approximate surface area is 103 Å². The first-order valence-electron chi connectivity index (χ1n) is 5.82. The summed E-state index contributed by atoms with van der Waals surface area (Å²) in [5.74, 6) is 0. The summed E-state index contributed by atoms with van der Waals surface area (Å²) in [5.41, 5.74) is 6.72. The van der Waals surface area contributed by atoms with E-state index in [9.17, 15) is 0 Å². The minimum absolute atomic E-state index is 0.609. The van der Waals surface area contributed by atoms with Gasteiger partial charge in [0.15, 0.2) is 0 Å². The number of nitrogens with one attached hydrogen (secondary N) is 1. The third-order valence-corrected chi connectivity index (χ3v) is 3.09. The molecule has 0 fully saturated rings. The topological polar surface area (TPSA) is 23.9 Å². The second kappa shape index (κ2) is 4.54. The SMILES string of the molecule is CC(=N)c1ccc(-c2c(C)cccc2C)cc1. The van der Waals surface area contributed by atoms with Gasteiger partial charge < -0.3 is 5.41 Å². The molecule has 0 aliphatic rings. The van der Waals surface area contributed by atoms with Crippen molar-refractivity contribution in [3.05, 3.63) is 59.2 Å². The van der Waals surface area contributed by atoms with Gasteiger partial charge in [0.05, 0.1) is 0 Å². The minimum Gasteiger partial charge on any atom is -0.305 e. The van der Waals surface area contributed by atoms with Crippen molar-refractivity contribution < 1.29 is 0 Å². The van der Waals surface area contributed by atoms with Gasteiger partial charge in [0.2, 0.25) is 0 Å². The Kier molecular flexibility index (Phi) is 3.10. The van der Waals surface area contributed by atoms with E-state index in [0.717, 1.165) is 5.56 Å². The fourth-order valence-corrected chi connectivity index (χ4v) is 2.16. The van der Waals surface area contributed by atoms with Gasteiger partial charge in [-0.2, -0.15) is 0 Å². The van der Waals surface area contributed by atoms with E-state index in [1.165, 1.54) is 22.3 Å². The fraction of sp³-hybridized carbons (Fsp3) is 0.188. The van der Waals surface area contributed by atoms with Crippen LogP contribution in [0.2, 0.25) is 0 Å². The number of hydrogen-bond acceptors (Lipinski definition) is 1. The maximum atomic E-state index is 7.59. The summed E-state index contributed by atoms with van der Waals surface area (Å²) in [6, 6.07) is 14.6. The lowest BCUT2D eigenvalue weighted by Crippen LogP contribution is -1.92. The summed E-state index contributed by atoms with van der Waals surface area (Å²) in [5, 5.41) is 7.59. The lowest BCUT2D eigenvalue weighted by Gasteiger charge is -2.10. The zero-order valence-corrected chi connectivity index (χ0v) is 10.5. The third-order valence-electron chi connectivity index (χ3n) is 3.09. The van der Waals surface area contributed by atoms with Crippen molar-refractivity contribution in [3.8, 4) is 11.1 Å². The molecular formula is C16H17N. The van der Waals surface area contributed by atoms with Crippen LogP contribution in [-0.4, -0.2) is 5.71 Å². The molecule has 0 unspecified atom stereocenters. The Bertz CT molecular complexity index is 530. The van der Waals surface area contributed by atoms with Gasteiger partial charge in [-0.25, -0.2) is 0 Å². The number of benzene rings is 2. The molecule has 0 saturated carbocycles. The smallest absolute Gasteiger partial charge is 0.0355 e. The monoisotopic (exact) mass is 223 g/mol. The van der Waals surface area contributed by atoms with Crippen LogP contribution in [0.3, 0.4) is 0 Å². The predicted octanol–water partition coefficient (Wildman–Crippen LogP) is 4.36. The van der Waals surface area contributed by atoms with Crippen molar-refractivity contribution in [2.24, 2.45) is 0 Å². The number of hydrogen-bond donors (Lipinski definition) is 1. The van der Waals surface area contributed by atoms with Crippen LogP contribution in [0.25, 0.3) is 11.1 Å². The summed E-state index contributed by atoms with van der Waals surface area (Å²) in [7, 11) is 0. The summed E-state index contributed by atoms with van der Waals surface area (Å²) in [4.78, 5) is 0. The Morgan fingerprint density at radius 3 is 1.88 bits per heavy atom. The Hall–Kier alpha value is -1.89. The summed E-state index contributed by atoms with van der Waals surface area (Å²) in [6.07, 6.45) is 0. The van der Waals surface area contributed by atoms with Crippen molar-refractivity contribution in [1.82, 2.24) is 0 Å². The van der Waals surface area contributed by atoms with Gasteiger partial charge in [0.1, 0.15) is 0 Å². The molecule has 0 aromatic heterocycles. The quantitative estimate of drug-likeness (QED) is 0.731. The predicted molar refractivity (Wildman–Crippen MR) is 73.9 cm³/mol. The Morgan fingerprint density at radius 2 is 1.41 bits per heavy atom. The van der Waals surface area contributed by atoms with E-state index >= 15 is 0 Å². The normalized spacial score (nSPS) is 10.3. The van der Waals surface area contributed by atoms with E-state index < -0.39 is 0 Å². The van der Waals surface area contributed by atoms with E-state index in [-0.39, 0.29) is 0 Å². The second-order valence-electron chi connectivity index (χ2n) is 4.47. The first kappa shape index (κ1) is 11.6. The van der Waals surface area contributed by atoms with Crippen LogP contribution in [0.1, 0.15) is 23.6 Å². The van der Waals surface area contributed by atoms with Gasteiger partial charge in [0, 0.05) is 5.71 Å². The van der Waals surface area contributed by atoms with Crippen LogP contribution in [0.15, 0.2) is 42.5 Å². The Morgan fingerprint density at radius 1 is 0.882 bits per heavy atom. The van der Waals surface area contributed by atoms with E-state index in [2.05, 4.69) is 44.2 Å². The first-order chi connectivity index (χ1) is 8.09. The van der Waals surface area contributed by atoms with E-state index in [4.69, 9.17) is 5.41 Å². The molecule has 0 radical (unpaired) electrons. The molecule has 0 aliphatic heterocycles. The molecule has 1 heteroatoms. The fourth-order valence-electron chi connectivity index (χ4n) is 2.16. The maximum absolute atomic E-state index is 7.59. The summed E-state index contributed by atoms with van der Waals surface area (Å²) >= 11 is 0. The molecule has 0 bridgehead atoms. The average Bonchev–Trinajstić information content (AvgIpc) is 2.29. The van der Waals surface area contributed by atoms with Crippen molar-refractivity contribution in [3.63, 3.8) is 0 Å². The molecule has 2 rings (SSSR count). The van der Waals surface area contributed by atoms with Crippen molar-refractivity contribution >= 4 is 5.71 Å². The lowest BCUT2D eigenvalue weighted by molar-refractivity contribution is 1.37. The van der Waals surface area contributed by atoms with E-state index in [1.807, 2.05) is 19.1 Å². The van der Waals surface area contributed by atoms with Crippen molar-refractivity contribution in [1.29, 1.82) is 5.41 Å². The number of aryl methyl sites for hydroxylation is 2. The molecule has 2 aromatic carbocycles. The highest BCUT2D eigenvalue weighted by Gasteiger charge is 2.05. The maximum Gasteiger partial charge on any atom is 0.0355 e. The molecule has 0 saturated heterocycles. The molecule has 86 valence electrons. The third kappa shape index (κ3) is 2.28. The average molecular weight is 223 g/mol. The second-order valence-corrected chi connectivity index (χ2v) is 4.47. The zero-order valence-electron chi connectivity index (χ0n) is 10.5. The van der Waals surface area contributed by atoms with E-state index in [0.29, 0.717) is 5.71 Å². The van der Waals surface area contributed by atoms with E-state index in [1.54, 1.807) is 0 Å². The van der Waals surface area contributed by atoms with Crippen LogP contribution < -0.4 is 0 Å². The minimum atomic E-state index is 0.609. The number of rotatable bonds is 2. The molecular weight excluding hydrogens is 206 g/mol. The first-order valence-corrected chi connectivity index (χ1v) is 5.82. The molecule has 0 atom stereocenters. The summed E-state index contributed by atoms with van der Waals surface area (Å²) in [6.45, 7) is 6.09. The van der Waals surface area contributed by atoms with Gasteiger partial charge in [-0.1, -0.05) is 42.5 Å². The molecule has 0 aliphatic carbocycles. The van der Waals surface area contributed by atoms with Gasteiger partial charge >= 0.3 is 0 Å². The molecule has 1 N–H and O–H groups in total. The summed E-state index contributed by atoms with van der Waals surface area (Å²) < 4.78 is 0. The van der Waals surface area contributed by atoms with Gasteiger partial charge in [-0.3, -0.25) is 0 Å². The van der Waals surface area contributed by atoms with Crippen molar-refractivity contribution in [2.75, 3.05) is 0 Å². The van der Waals surface area contributed by atoms with Gasteiger partial charge in [-0.15, -0.1) is 0 Å². The lowest BCUT2D eigenvalue weighted by atomic mass is 9.95. The standard InChI is InChI=1S/C16H17N/c1-11-5-4-6-12(2)16(11)15-9-7-14(8-10-15)13(3)17/h4-10,17H,1-3H3. The van der Waals surface area contributed by atoms with Crippen LogP contribution >= 0.6 is 0 Å². The van der Waals surface area contributed by atoms with Crippen LogP contribution in [0.4, 0.5) is 0 Å². The molecule has 1 nitrogen and oxygen atoms in total. The van der Waals surface area contributed by atoms with Crippen LogP contribution in [0, 0.1) is 19.3 Å².